The van der Waals surface area contributed by atoms with Crippen molar-refractivity contribution in [2.45, 2.75) is 18.9 Å². The summed E-state index contributed by atoms with van der Waals surface area (Å²) in [6.45, 7) is -0.736. The SMILES string of the molecule is OC(CNc1ccc(OCc2cc(F)cc(F)c2)cc1)C(F)(F)F. The highest BCUT2D eigenvalue weighted by Gasteiger charge is 2.37. The third-order valence-corrected chi connectivity index (χ3v) is 3.06. The zero-order valence-electron chi connectivity index (χ0n) is 12.3. The fraction of sp³-hybridized carbons (Fsp3) is 0.250. The number of aliphatic hydroxyl groups is 1. The highest BCUT2D eigenvalue weighted by atomic mass is 19.4. The highest BCUT2D eigenvalue weighted by Crippen LogP contribution is 2.22. The predicted octanol–water partition coefficient (Wildman–Crippen LogP) is 3.88. The number of benzene rings is 2. The summed E-state index contributed by atoms with van der Waals surface area (Å²) >= 11 is 0. The van der Waals surface area contributed by atoms with E-state index in [2.05, 4.69) is 5.32 Å². The van der Waals surface area contributed by atoms with E-state index >= 15 is 0 Å². The molecule has 0 aliphatic rings. The van der Waals surface area contributed by atoms with Crippen molar-refractivity contribution < 1.29 is 31.8 Å². The molecule has 0 spiro atoms. The van der Waals surface area contributed by atoms with E-state index in [0.717, 1.165) is 18.2 Å². The van der Waals surface area contributed by atoms with Crippen molar-refractivity contribution in [1.29, 1.82) is 0 Å². The number of rotatable bonds is 6. The molecule has 0 bridgehead atoms. The average molecular weight is 347 g/mol. The Kier molecular flexibility index (Phi) is 5.61. The molecule has 0 saturated heterocycles. The summed E-state index contributed by atoms with van der Waals surface area (Å²) in [7, 11) is 0. The summed E-state index contributed by atoms with van der Waals surface area (Å²) in [6, 6.07) is 8.92. The van der Waals surface area contributed by atoms with Crippen LogP contribution in [-0.2, 0) is 6.61 Å². The van der Waals surface area contributed by atoms with E-state index in [-0.39, 0.29) is 6.61 Å². The van der Waals surface area contributed by atoms with E-state index < -0.39 is 30.5 Å². The second-order valence-corrected chi connectivity index (χ2v) is 5.03. The number of alkyl halides is 3. The minimum absolute atomic E-state index is 0.0613. The molecule has 2 aromatic rings. The number of hydrogen-bond donors (Lipinski definition) is 2. The summed E-state index contributed by atoms with van der Waals surface area (Å²) in [5.41, 5.74) is 0.672. The molecular formula is C16H14F5NO2. The minimum Gasteiger partial charge on any atom is -0.489 e. The van der Waals surface area contributed by atoms with Crippen LogP contribution in [0.5, 0.6) is 5.75 Å². The van der Waals surface area contributed by atoms with Gasteiger partial charge in [0.05, 0.1) is 0 Å². The van der Waals surface area contributed by atoms with Gasteiger partial charge < -0.3 is 15.2 Å². The molecule has 0 fully saturated rings. The first kappa shape index (κ1) is 18.0. The Balaban J connectivity index is 1.88. The van der Waals surface area contributed by atoms with Crippen molar-refractivity contribution >= 4 is 5.69 Å². The largest absolute Gasteiger partial charge is 0.489 e. The predicted molar refractivity (Wildman–Crippen MR) is 77.7 cm³/mol. The number of anilines is 1. The fourth-order valence-electron chi connectivity index (χ4n) is 1.86. The Labute approximate surface area is 134 Å². The summed E-state index contributed by atoms with van der Waals surface area (Å²) in [4.78, 5) is 0. The number of hydrogen-bond acceptors (Lipinski definition) is 3. The van der Waals surface area contributed by atoms with Gasteiger partial charge in [-0.25, -0.2) is 8.78 Å². The Morgan fingerprint density at radius 2 is 1.58 bits per heavy atom. The van der Waals surface area contributed by atoms with Crippen molar-refractivity contribution in [1.82, 2.24) is 0 Å². The van der Waals surface area contributed by atoms with Crippen LogP contribution in [-0.4, -0.2) is 23.9 Å². The lowest BCUT2D eigenvalue weighted by atomic mass is 10.2. The van der Waals surface area contributed by atoms with Crippen LogP contribution in [0.2, 0.25) is 0 Å². The zero-order valence-corrected chi connectivity index (χ0v) is 12.3. The Morgan fingerprint density at radius 1 is 1.00 bits per heavy atom. The van der Waals surface area contributed by atoms with Crippen molar-refractivity contribution in [2.75, 3.05) is 11.9 Å². The Hall–Kier alpha value is -2.35. The standard InChI is InChI=1S/C16H14F5NO2/c17-11-5-10(6-12(18)7-11)9-24-14-3-1-13(2-4-14)22-8-15(23)16(19,20)21/h1-7,15,22-23H,8-9H2. The number of nitrogens with one attached hydrogen (secondary N) is 1. The summed E-state index contributed by atoms with van der Waals surface area (Å²) in [6.07, 6.45) is -7.15. The van der Waals surface area contributed by atoms with E-state index in [4.69, 9.17) is 9.84 Å². The maximum atomic E-state index is 13.0. The van der Waals surface area contributed by atoms with Crippen molar-refractivity contribution in [2.24, 2.45) is 0 Å². The van der Waals surface area contributed by atoms with E-state index in [1.165, 1.54) is 24.3 Å². The van der Waals surface area contributed by atoms with Crippen molar-refractivity contribution in [3.05, 3.63) is 59.7 Å². The average Bonchev–Trinajstić information content (AvgIpc) is 2.49. The van der Waals surface area contributed by atoms with Gasteiger partial charge in [-0.15, -0.1) is 0 Å². The van der Waals surface area contributed by atoms with E-state index in [1.807, 2.05) is 0 Å². The maximum Gasteiger partial charge on any atom is 0.416 e. The third kappa shape index (κ3) is 5.38. The molecule has 0 radical (unpaired) electrons. The van der Waals surface area contributed by atoms with Crippen LogP contribution < -0.4 is 10.1 Å². The molecule has 2 aromatic carbocycles. The van der Waals surface area contributed by atoms with Gasteiger partial charge in [0.1, 0.15) is 24.0 Å². The van der Waals surface area contributed by atoms with Crippen LogP contribution in [0.1, 0.15) is 5.56 Å². The third-order valence-electron chi connectivity index (χ3n) is 3.06. The first-order valence-corrected chi connectivity index (χ1v) is 6.90. The van der Waals surface area contributed by atoms with Crippen LogP contribution in [0.15, 0.2) is 42.5 Å². The topological polar surface area (TPSA) is 41.5 Å². The van der Waals surface area contributed by atoms with Gasteiger partial charge in [-0.2, -0.15) is 13.2 Å². The van der Waals surface area contributed by atoms with Crippen molar-refractivity contribution in [3.8, 4) is 5.75 Å². The van der Waals surface area contributed by atoms with E-state index in [9.17, 15) is 22.0 Å². The van der Waals surface area contributed by atoms with E-state index in [1.54, 1.807) is 0 Å². The lowest BCUT2D eigenvalue weighted by molar-refractivity contribution is -0.198. The van der Waals surface area contributed by atoms with Gasteiger partial charge in [-0.1, -0.05) is 0 Å². The molecular weight excluding hydrogens is 333 g/mol. The van der Waals surface area contributed by atoms with Crippen LogP contribution in [0.4, 0.5) is 27.6 Å². The van der Waals surface area contributed by atoms with Gasteiger partial charge in [0, 0.05) is 18.3 Å². The molecule has 0 saturated carbocycles. The molecule has 0 aliphatic heterocycles. The normalized spacial score (nSPS) is 12.8. The molecule has 0 aliphatic carbocycles. The summed E-state index contributed by atoms with van der Waals surface area (Å²) in [5.74, 6) is -1.05. The molecule has 2 N–H and O–H groups in total. The van der Waals surface area contributed by atoms with Gasteiger partial charge in [-0.3, -0.25) is 0 Å². The van der Waals surface area contributed by atoms with Gasteiger partial charge >= 0.3 is 6.18 Å². The minimum atomic E-state index is -4.68. The molecule has 1 atom stereocenters. The molecule has 0 heterocycles. The smallest absolute Gasteiger partial charge is 0.416 e. The van der Waals surface area contributed by atoms with Gasteiger partial charge in [-0.05, 0) is 42.0 Å². The number of aliphatic hydroxyl groups excluding tert-OH is 1. The molecule has 3 nitrogen and oxygen atoms in total. The summed E-state index contributed by atoms with van der Waals surface area (Å²) < 4.78 is 67.9. The maximum absolute atomic E-state index is 13.0. The lowest BCUT2D eigenvalue weighted by Gasteiger charge is -2.16. The number of ether oxygens (including phenoxy) is 1. The Bertz CT molecular complexity index is 653. The zero-order chi connectivity index (χ0) is 17.7. The first-order chi connectivity index (χ1) is 11.2. The molecule has 1 unspecified atom stereocenters. The lowest BCUT2D eigenvalue weighted by Crippen LogP contribution is -2.34. The van der Waals surface area contributed by atoms with Gasteiger partial charge in [0.25, 0.3) is 0 Å². The molecule has 0 aromatic heterocycles. The molecule has 8 heteroatoms. The monoisotopic (exact) mass is 347 g/mol. The molecule has 130 valence electrons. The van der Waals surface area contributed by atoms with Crippen LogP contribution in [0.25, 0.3) is 0 Å². The molecule has 2 rings (SSSR count). The highest BCUT2D eigenvalue weighted by molar-refractivity contribution is 5.46. The van der Waals surface area contributed by atoms with E-state index in [0.29, 0.717) is 17.0 Å². The molecule has 24 heavy (non-hydrogen) atoms. The van der Waals surface area contributed by atoms with Crippen LogP contribution >= 0.6 is 0 Å². The second-order valence-electron chi connectivity index (χ2n) is 5.03. The summed E-state index contributed by atoms with van der Waals surface area (Å²) in [5, 5.41) is 11.3. The number of halogens is 5. The van der Waals surface area contributed by atoms with Gasteiger partial charge in [0.2, 0.25) is 0 Å². The van der Waals surface area contributed by atoms with Crippen LogP contribution in [0.3, 0.4) is 0 Å². The fourth-order valence-corrected chi connectivity index (χ4v) is 1.86. The first-order valence-electron chi connectivity index (χ1n) is 6.90. The van der Waals surface area contributed by atoms with Crippen molar-refractivity contribution in [3.63, 3.8) is 0 Å². The Morgan fingerprint density at radius 3 is 2.12 bits per heavy atom. The molecule has 0 amide bonds. The quantitative estimate of drug-likeness (QED) is 0.780. The van der Waals surface area contributed by atoms with Crippen LogP contribution in [0, 0.1) is 11.6 Å². The second kappa shape index (κ2) is 7.48. The van der Waals surface area contributed by atoms with Gasteiger partial charge in [0.15, 0.2) is 6.10 Å².